The summed E-state index contributed by atoms with van der Waals surface area (Å²) in [5.41, 5.74) is 1.07. The lowest BCUT2D eigenvalue weighted by Crippen LogP contribution is -2.36. The Hall–Kier alpha value is -3.10. The number of ether oxygens (including phenoxy) is 1. The lowest BCUT2D eigenvalue weighted by atomic mass is 10.1. The van der Waals surface area contributed by atoms with Crippen LogP contribution in [-0.4, -0.2) is 18.2 Å². The Morgan fingerprint density at radius 2 is 1.63 bits per heavy atom. The van der Waals surface area contributed by atoms with E-state index in [2.05, 4.69) is 5.32 Å². The molecule has 0 aliphatic rings. The molecule has 0 spiro atoms. The quantitative estimate of drug-likeness (QED) is 0.750. The van der Waals surface area contributed by atoms with E-state index in [-0.39, 0.29) is 24.3 Å². The summed E-state index contributed by atoms with van der Waals surface area (Å²) in [5, 5.41) is 4.03. The van der Waals surface area contributed by atoms with Crippen molar-refractivity contribution in [1.82, 2.24) is 10.6 Å². The molecule has 27 heavy (non-hydrogen) atoms. The third-order valence-corrected chi connectivity index (χ3v) is 3.46. The first-order valence-corrected chi connectivity index (χ1v) is 7.82. The van der Waals surface area contributed by atoms with Crippen molar-refractivity contribution in [3.05, 3.63) is 71.0 Å². The number of halogens is 4. The minimum Gasteiger partial charge on any atom is -0.445 e. The Labute approximate surface area is 152 Å². The van der Waals surface area contributed by atoms with Gasteiger partial charge in [-0.05, 0) is 17.2 Å². The van der Waals surface area contributed by atoms with Crippen molar-refractivity contribution in [2.45, 2.75) is 25.9 Å². The predicted molar refractivity (Wildman–Crippen MR) is 87.8 cm³/mol. The summed E-state index contributed by atoms with van der Waals surface area (Å²) < 4.78 is 55.3. The van der Waals surface area contributed by atoms with Crippen molar-refractivity contribution < 1.29 is 31.9 Å². The average molecular weight is 384 g/mol. The van der Waals surface area contributed by atoms with E-state index in [9.17, 15) is 27.2 Å². The van der Waals surface area contributed by atoms with Gasteiger partial charge in [-0.25, -0.2) is 9.18 Å². The van der Waals surface area contributed by atoms with Gasteiger partial charge in [-0.2, -0.15) is 13.2 Å². The van der Waals surface area contributed by atoms with E-state index < -0.39 is 30.5 Å². The number of carbonyl (C=O) groups is 2. The van der Waals surface area contributed by atoms with Gasteiger partial charge in [-0.3, -0.25) is 4.79 Å². The standard InChI is InChI=1S/C18H16F4N2O3/c19-15-8-13(9-23-16(25)18(20,21)22)6-7-14(15)10-24-17(26)27-11-12-4-2-1-3-5-12/h1-8H,9-11H2,(H,23,25)(H,24,26). The van der Waals surface area contributed by atoms with E-state index in [0.717, 1.165) is 11.6 Å². The van der Waals surface area contributed by atoms with E-state index in [1.807, 2.05) is 6.07 Å². The minimum absolute atomic E-state index is 0.0625. The highest BCUT2D eigenvalue weighted by Gasteiger charge is 2.38. The van der Waals surface area contributed by atoms with Gasteiger partial charge in [0.15, 0.2) is 0 Å². The lowest BCUT2D eigenvalue weighted by Gasteiger charge is -2.10. The molecule has 5 nitrogen and oxygen atoms in total. The van der Waals surface area contributed by atoms with Crippen LogP contribution in [0, 0.1) is 5.82 Å². The first-order valence-electron chi connectivity index (χ1n) is 7.82. The number of amides is 2. The zero-order valence-corrected chi connectivity index (χ0v) is 14.0. The molecule has 0 fully saturated rings. The van der Waals surface area contributed by atoms with Crippen LogP contribution in [0.25, 0.3) is 0 Å². The largest absolute Gasteiger partial charge is 0.471 e. The maximum Gasteiger partial charge on any atom is 0.471 e. The zero-order valence-electron chi connectivity index (χ0n) is 14.0. The maximum absolute atomic E-state index is 14.0. The van der Waals surface area contributed by atoms with Gasteiger partial charge in [-0.15, -0.1) is 0 Å². The molecule has 0 aliphatic heterocycles. The van der Waals surface area contributed by atoms with Crippen molar-refractivity contribution >= 4 is 12.0 Å². The van der Waals surface area contributed by atoms with Gasteiger partial charge in [0.25, 0.3) is 0 Å². The Bertz CT molecular complexity index is 795. The molecule has 9 heteroatoms. The smallest absolute Gasteiger partial charge is 0.445 e. The number of alkyl halides is 3. The van der Waals surface area contributed by atoms with E-state index >= 15 is 0 Å². The van der Waals surface area contributed by atoms with Crippen molar-refractivity contribution in [2.24, 2.45) is 0 Å². The highest BCUT2D eigenvalue weighted by atomic mass is 19.4. The number of alkyl carbamates (subject to hydrolysis) is 1. The topological polar surface area (TPSA) is 67.4 Å². The second kappa shape index (κ2) is 9.02. The Balaban J connectivity index is 1.81. The van der Waals surface area contributed by atoms with Crippen LogP contribution in [0.3, 0.4) is 0 Å². The summed E-state index contributed by atoms with van der Waals surface area (Å²) in [7, 11) is 0. The van der Waals surface area contributed by atoms with Crippen molar-refractivity contribution in [1.29, 1.82) is 0 Å². The van der Waals surface area contributed by atoms with Crippen LogP contribution in [0.5, 0.6) is 0 Å². The minimum atomic E-state index is -5.00. The van der Waals surface area contributed by atoms with E-state index in [1.165, 1.54) is 12.1 Å². The third kappa shape index (κ3) is 6.61. The molecule has 0 unspecified atom stereocenters. The first kappa shape index (κ1) is 20.2. The number of benzene rings is 2. The van der Waals surface area contributed by atoms with E-state index in [4.69, 9.17) is 4.74 Å². The molecule has 0 aromatic heterocycles. The fraction of sp³-hybridized carbons (Fsp3) is 0.222. The molecule has 0 aliphatic carbocycles. The summed E-state index contributed by atoms with van der Waals surface area (Å²) in [6.45, 7) is -0.566. The molecule has 0 bridgehead atoms. The van der Waals surface area contributed by atoms with Crippen molar-refractivity contribution in [2.75, 3.05) is 0 Å². The molecule has 0 atom stereocenters. The monoisotopic (exact) mass is 384 g/mol. The summed E-state index contributed by atoms with van der Waals surface area (Å²) in [5.74, 6) is -2.83. The normalized spacial score (nSPS) is 11.0. The van der Waals surface area contributed by atoms with Crippen LogP contribution >= 0.6 is 0 Å². The Morgan fingerprint density at radius 3 is 2.26 bits per heavy atom. The molecule has 2 aromatic carbocycles. The summed E-state index contributed by atoms with van der Waals surface area (Å²) >= 11 is 0. The van der Waals surface area contributed by atoms with Gasteiger partial charge < -0.3 is 15.4 Å². The highest BCUT2D eigenvalue weighted by molar-refractivity contribution is 5.81. The molecular weight excluding hydrogens is 368 g/mol. The SMILES string of the molecule is O=C(NCc1ccc(CNC(=O)C(F)(F)F)cc1F)OCc1ccccc1. The van der Waals surface area contributed by atoms with E-state index in [1.54, 1.807) is 29.6 Å². The number of nitrogens with one attached hydrogen (secondary N) is 2. The molecule has 0 saturated heterocycles. The van der Waals surface area contributed by atoms with Gasteiger partial charge in [-0.1, -0.05) is 42.5 Å². The van der Waals surface area contributed by atoms with E-state index in [0.29, 0.717) is 0 Å². The maximum atomic E-state index is 14.0. The van der Waals surface area contributed by atoms with Gasteiger partial charge in [0.1, 0.15) is 12.4 Å². The summed E-state index contributed by atoms with van der Waals surface area (Å²) in [6.07, 6.45) is -5.73. The van der Waals surface area contributed by atoms with Crippen LogP contribution in [0.2, 0.25) is 0 Å². The van der Waals surface area contributed by atoms with Gasteiger partial charge in [0, 0.05) is 18.7 Å². The Kier molecular flexibility index (Phi) is 6.75. The molecule has 0 radical (unpaired) electrons. The molecule has 0 saturated carbocycles. The molecule has 2 N–H and O–H groups in total. The molecule has 144 valence electrons. The second-order valence-corrected chi connectivity index (χ2v) is 5.52. The molecule has 2 rings (SSSR count). The second-order valence-electron chi connectivity index (χ2n) is 5.52. The molecule has 2 amide bonds. The van der Waals surface area contributed by atoms with Crippen molar-refractivity contribution in [3.63, 3.8) is 0 Å². The lowest BCUT2D eigenvalue weighted by molar-refractivity contribution is -0.173. The van der Waals surface area contributed by atoms with Gasteiger partial charge >= 0.3 is 18.2 Å². The van der Waals surface area contributed by atoms with Gasteiger partial charge in [0.2, 0.25) is 0 Å². The van der Waals surface area contributed by atoms with Crippen LogP contribution in [-0.2, 0) is 29.2 Å². The zero-order chi connectivity index (χ0) is 19.9. The highest BCUT2D eigenvalue weighted by Crippen LogP contribution is 2.15. The van der Waals surface area contributed by atoms with Crippen LogP contribution in [0.4, 0.5) is 22.4 Å². The fourth-order valence-electron chi connectivity index (χ4n) is 2.07. The van der Waals surface area contributed by atoms with Crippen LogP contribution in [0.1, 0.15) is 16.7 Å². The third-order valence-electron chi connectivity index (χ3n) is 3.46. The summed E-state index contributed by atoms with van der Waals surface area (Å²) in [6, 6.07) is 12.6. The predicted octanol–water partition coefficient (Wildman–Crippen LogP) is 3.43. The number of rotatable bonds is 6. The molecule has 2 aromatic rings. The van der Waals surface area contributed by atoms with Crippen LogP contribution in [0.15, 0.2) is 48.5 Å². The molecule has 0 heterocycles. The number of carbonyl (C=O) groups excluding carboxylic acids is 2. The fourth-order valence-corrected chi connectivity index (χ4v) is 2.07. The first-order chi connectivity index (χ1) is 12.8. The van der Waals surface area contributed by atoms with Gasteiger partial charge in [0.05, 0.1) is 0 Å². The number of hydrogen-bond donors (Lipinski definition) is 2. The van der Waals surface area contributed by atoms with Crippen LogP contribution < -0.4 is 10.6 Å². The number of hydrogen-bond acceptors (Lipinski definition) is 3. The average Bonchev–Trinajstić information content (AvgIpc) is 2.63. The Morgan fingerprint density at radius 1 is 0.926 bits per heavy atom. The summed E-state index contributed by atoms with van der Waals surface area (Å²) in [4.78, 5) is 22.4. The van der Waals surface area contributed by atoms with Crippen molar-refractivity contribution in [3.8, 4) is 0 Å². The molecular formula is C18H16F4N2O3.